The maximum atomic E-state index is 11.7. The first-order chi connectivity index (χ1) is 10.7. The highest BCUT2D eigenvalue weighted by Crippen LogP contribution is 2.25. The van der Waals surface area contributed by atoms with Gasteiger partial charge in [-0.2, -0.15) is 5.10 Å². The summed E-state index contributed by atoms with van der Waals surface area (Å²) in [7, 11) is 1.47. The van der Waals surface area contributed by atoms with Gasteiger partial charge in [-0.05, 0) is 35.9 Å². The lowest BCUT2D eigenvalue weighted by molar-refractivity contribution is -0.118. The van der Waals surface area contributed by atoms with Crippen LogP contribution in [0.5, 0.6) is 11.5 Å². The number of benzene rings is 2. The Morgan fingerprint density at radius 3 is 2.82 bits per heavy atom. The van der Waals surface area contributed by atoms with E-state index in [1.807, 2.05) is 30.3 Å². The fourth-order valence-electron chi connectivity index (χ4n) is 1.65. The van der Waals surface area contributed by atoms with Gasteiger partial charge in [0, 0.05) is 4.90 Å². The SMILES string of the molecule is COc1cc(/C=N\NC(=O)CSc2ccccc2)ccc1O. The van der Waals surface area contributed by atoms with Crippen LogP contribution in [0, 0.1) is 0 Å². The smallest absolute Gasteiger partial charge is 0.250 e. The summed E-state index contributed by atoms with van der Waals surface area (Å²) in [6.45, 7) is 0. The molecular formula is C16H16N2O3S. The third-order valence-corrected chi connectivity index (χ3v) is 3.73. The number of hydrogen-bond acceptors (Lipinski definition) is 5. The summed E-state index contributed by atoms with van der Waals surface area (Å²) in [5, 5.41) is 13.4. The van der Waals surface area contributed by atoms with E-state index >= 15 is 0 Å². The van der Waals surface area contributed by atoms with Crippen molar-refractivity contribution in [3.8, 4) is 11.5 Å². The number of carbonyl (C=O) groups excluding carboxylic acids is 1. The van der Waals surface area contributed by atoms with E-state index in [1.165, 1.54) is 31.2 Å². The van der Waals surface area contributed by atoms with E-state index in [4.69, 9.17) is 4.74 Å². The monoisotopic (exact) mass is 316 g/mol. The van der Waals surface area contributed by atoms with Crippen LogP contribution in [0.4, 0.5) is 0 Å². The lowest BCUT2D eigenvalue weighted by atomic mass is 10.2. The van der Waals surface area contributed by atoms with Crippen molar-refractivity contribution in [1.29, 1.82) is 0 Å². The first-order valence-electron chi connectivity index (χ1n) is 6.56. The van der Waals surface area contributed by atoms with Crippen LogP contribution in [0.25, 0.3) is 0 Å². The van der Waals surface area contributed by atoms with Gasteiger partial charge in [-0.15, -0.1) is 11.8 Å². The second kappa shape index (κ2) is 8.09. The van der Waals surface area contributed by atoms with Crippen molar-refractivity contribution in [2.24, 2.45) is 5.10 Å². The van der Waals surface area contributed by atoms with Gasteiger partial charge >= 0.3 is 0 Å². The van der Waals surface area contributed by atoms with E-state index in [-0.39, 0.29) is 11.7 Å². The molecule has 114 valence electrons. The zero-order chi connectivity index (χ0) is 15.8. The molecule has 0 aliphatic carbocycles. The van der Waals surface area contributed by atoms with Gasteiger partial charge in [-0.1, -0.05) is 18.2 Å². The van der Waals surface area contributed by atoms with Crippen LogP contribution >= 0.6 is 11.8 Å². The predicted octanol–water partition coefficient (Wildman–Crippen LogP) is 2.64. The Morgan fingerprint density at radius 2 is 2.09 bits per heavy atom. The summed E-state index contributed by atoms with van der Waals surface area (Å²) in [5.41, 5.74) is 3.17. The number of hydrazone groups is 1. The molecule has 0 heterocycles. The van der Waals surface area contributed by atoms with Gasteiger partial charge in [-0.3, -0.25) is 4.79 Å². The van der Waals surface area contributed by atoms with Crippen LogP contribution in [-0.2, 0) is 4.79 Å². The molecule has 0 unspecified atom stereocenters. The number of methoxy groups -OCH3 is 1. The van der Waals surface area contributed by atoms with E-state index in [0.29, 0.717) is 17.1 Å². The topological polar surface area (TPSA) is 70.9 Å². The number of aromatic hydroxyl groups is 1. The molecule has 2 aromatic carbocycles. The van der Waals surface area contributed by atoms with E-state index in [9.17, 15) is 9.90 Å². The molecule has 2 rings (SSSR count). The highest BCUT2D eigenvalue weighted by atomic mass is 32.2. The summed E-state index contributed by atoms with van der Waals surface area (Å²) < 4.78 is 5.00. The van der Waals surface area contributed by atoms with E-state index in [0.717, 1.165) is 4.90 Å². The molecule has 0 bridgehead atoms. The number of thioether (sulfide) groups is 1. The zero-order valence-corrected chi connectivity index (χ0v) is 12.8. The summed E-state index contributed by atoms with van der Waals surface area (Å²) in [4.78, 5) is 12.7. The second-order valence-corrected chi connectivity index (χ2v) is 5.37. The molecule has 0 aliphatic rings. The maximum Gasteiger partial charge on any atom is 0.250 e. The van der Waals surface area contributed by atoms with Gasteiger partial charge in [0.1, 0.15) is 0 Å². The number of hydrogen-bond donors (Lipinski definition) is 2. The van der Waals surface area contributed by atoms with Crippen molar-refractivity contribution in [1.82, 2.24) is 5.43 Å². The zero-order valence-electron chi connectivity index (χ0n) is 12.0. The number of amides is 1. The minimum atomic E-state index is -0.184. The summed E-state index contributed by atoms with van der Waals surface area (Å²) in [5.74, 6) is 0.522. The maximum absolute atomic E-state index is 11.7. The first kappa shape index (κ1) is 15.9. The van der Waals surface area contributed by atoms with E-state index in [1.54, 1.807) is 12.1 Å². The lowest BCUT2D eigenvalue weighted by Crippen LogP contribution is -2.19. The number of rotatable bonds is 6. The molecule has 22 heavy (non-hydrogen) atoms. The molecule has 0 aliphatic heterocycles. The third-order valence-electron chi connectivity index (χ3n) is 2.72. The third kappa shape index (κ3) is 4.82. The van der Waals surface area contributed by atoms with Crippen molar-refractivity contribution >= 4 is 23.9 Å². The molecule has 0 spiro atoms. The molecule has 0 fully saturated rings. The molecule has 2 N–H and O–H groups in total. The number of phenolic OH excluding ortho intramolecular Hbond substituents is 1. The van der Waals surface area contributed by atoms with Crippen molar-refractivity contribution in [2.45, 2.75) is 4.90 Å². The summed E-state index contributed by atoms with van der Waals surface area (Å²) in [6.07, 6.45) is 1.49. The largest absolute Gasteiger partial charge is 0.504 e. The Bertz CT molecular complexity index is 660. The van der Waals surface area contributed by atoms with Crippen LogP contribution < -0.4 is 10.2 Å². The number of nitrogens with zero attached hydrogens (tertiary/aromatic N) is 1. The highest BCUT2D eigenvalue weighted by molar-refractivity contribution is 8.00. The van der Waals surface area contributed by atoms with Crippen LogP contribution in [0.15, 0.2) is 58.5 Å². The van der Waals surface area contributed by atoms with Gasteiger partial charge in [0.05, 0.1) is 19.1 Å². The number of ether oxygens (including phenoxy) is 1. The predicted molar refractivity (Wildman–Crippen MR) is 87.6 cm³/mol. The van der Waals surface area contributed by atoms with Crippen molar-refractivity contribution in [3.05, 3.63) is 54.1 Å². The van der Waals surface area contributed by atoms with E-state index in [2.05, 4.69) is 10.5 Å². The van der Waals surface area contributed by atoms with Crippen molar-refractivity contribution in [2.75, 3.05) is 12.9 Å². The molecule has 0 radical (unpaired) electrons. The van der Waals surface area contributed by atoms with Gasteiger partial charge in [0.2, 0.25) is 5.91 Å². The molecule has 0 saturated carbocycles. The Kier molecular flexibility index (Phi) is 5.85. The molecule has 0 saturated heterocycles. The Balaban J connectivity index is 1.83. The van der Waals surface area contributed by atoms with Crippen LogP contribution in [0.1, 0.15) is 5.56 Å². The molecule has 0 atom stereocenters. The normalized spacial score (nSPS) is 10.6. The van der Waals surface area contributed by atoms with Gasteiger partial charge in [0.15, 0.2) is 11.5 Å². The van der Waals surface area contributed by atoms with Gasteiger partial charge in [0.25, 0.3) is 0 Å². The molecule has 6 heteroatoms. The lowest BCUT2D eigenvalue weighted by Gasteiger charge is -2.03. The van der Waals surface area contributed by atoms with Crippen molar-refractivity contribution in [3.63, 3.8) is 0 Å². The average molecular weight is 316 g/mol. The van der Waals surface area contributed by atoms with Crippen molar-refractivity contribution < 1.29 is 14.6 Å². The summed E-state index contributed by atoms with van der Waals surface area (Å²) >= 11 is 1.44. The number of nitrogens with one attached hydrogen (secondary N) is 1. The number of phenols is 1. The fourth-order valence-corrected chi connectivity index (χ4v) is 2.36. The highest BCUT2D eigenvalue weighted by Gasteiger charge is 2.02. The minimum Gasteiger partial charge on any atom is -0.504 e. The van der Waals surface area contributed by atoms with Crippen LogP contribution in [0.2, 0.25) is 0 Å². The standard InChI is InChI=1S/C16H16N2O3S/c1-21-15-9-12(7-8-14(15)19)10-17-18-16(20)11-22-13-5-3-2-4-6-13/h2-10,19H,11H2,1H3,(H,18,20)/b17-10-. The Morgan fingerprint density at radius 1 is 1.32 bits per heavy atom. The molecule has 1 amide bonds. The average Bonchev–Trinajstić information content (AvgIpc) is 2.55. The van der Waals surface area contributed by atoms with Crippen LogP contribution in [-0.4, -0.2) is 30.1 Å². The van der Waals surface area contributed by atoms with Gasteiger partial charge < -0.3 is 9.84 Å². The first-order valence-corrected chi connectivity index (χ1v) is 7.54. The van der Waals surface area contributed by atoms with Gasteiger partial charge in [-0.25, -0.2) is 5.43 Å². The molecule has 5 nitrogen and oxygen atoms in total. The summed E-state index contributed by atoms with van der Waals surface area (Å²) in [6, 6.07) is 14.5. The van der Waals surface area contributed by atoms with E-state index < -0.39 is 0 Å². The Labute approximate surface area is 133 Å². The quantitative estimate of drug-likeness (QED) is 0.488. The fraction of sp³-hybridized carbons (Fsp3) is 0.125. The number of carbonyl (C=O) groups is 1. The second-order valence-electron chi connectivity index (χ2n) is 4.33. The Hall–Kier alpha value is -2.47. The minimum absolute atomic E-state index is 0.0583. The molecule has 0 aromatic heterocycles. The molecule has 2 aromatic rings. The molecular weight excluding hydrogens is 300 g/mol. The van der Waals surface area contributed by atoms with Crippen LogP contribution in [0.3, 0.4) is 0 Å².